The molecule has 1 aromatic carbocycles. The Morgan fingerprint density at radius 1 is 1.44 bits per heavy atom. The number of nitrogens with two attached hydrogens (primary N) is 1. The molecule has 0 bridgehead atoms. The number of carbonyl (C=O) groups excluding carboxylic acids is 2. The van der Waals surface area contributed by atoms with Gasteiger partial charge < -0.3 is 11.1 Å². The number of hydrogen-bond donors (Lipinski definition) is 2. The number of rotatable bonds is 5. The standard InChI is InChI=1S/C14H16N2O2/c1-3-6-12(4-2)16-14(18)11-8-5-7-10(9-11)13(15)17/h2,5,7-9,12H,3,6H2,1H3,(H2,15,17)(H,16,18). The number of nitrogens with one attached hydrogen (secondary N) is 1. The minimum atomic E-state index is -0.563. The molecular formula is C14H16N2O2. The second-order valence-electron chi connectivity index (χ2n) is 3.93. The van der Waals surface area contributed by atoms with Crippen molar-refractivity contribution in [3.05, 3.63) is 35.4 Å². The van der Waals surface area contributed by atoms with Gasteiger partial charge in [0.05, 0.1) is 6.04 Å². The molecule has 0 aliphatic heterocycles. The number of benzene rings is 1. The molecule has 3 N–H and O–H groups in total. The minimum absolute atomic E-state index is 0.292. The van der Waals surface area contributed by atoms with E-state index >= 15 is 0 Å². The minimum Gasteiger partial charge on any atom is -0.366 e. The third-order valence-corrected chi connectivity index (χ3v) is 2.49. The van der Waals surface area contributed by atoms with E-state index in [4.69, 9.17) is 12.2 Å². The Balaban J connectivity index is 2.81. The van der Waals surface area contributed by atoms with Gasteiger partial charge >= 0.3 is 0 Å². The molecule has 94 valence electrons. The molecule has 0 fully saturated rings. The van der Waals surface area contributed by atoms with E-state index in [0.29, 0.717) is 11.1 Å². The Kier molecular flexibility index (Phi) is 4.94. The van der Waals surface area contributed by atoms with Crippen molar-refractivity contribution in [1.29, 1.82) is 0 Å². The van der Waals surface area contributed by atoms with Crippen molar-refractivity contribution in [3.8, 4) is 12.3 Å². The fourth-order valence-corrected chi connectivity index (χ4v) is 1.54. The summed E-state index contributed by atoms with van der Waals surface area (Å²) in [5.74, 6) is 1.66. The second kappa shape index (κ2) is 6.45. The SMILES string of the molecule is C#CC(CCC)NC(=O)c1cccc(C(N)=O)c1. The molecule has 2 amide bonds. The Morgan fingerprint density at radius 2 is 2.11 bits per heavy atom. The van der Waals surface area contributed by atoms with E-state index < -0.39 is 5.91 Å². The molecule has 1 unspecified atom stereocenters. The van der Waals surface area contributed by atoms with Gasteiger partial charge in [-0.15, -0.1) is 6.42 Å². The molecule has 0 heterocycles. The first kappa shape index (κ1) is 13.8. The first-order valence-corrected chi connectivity index (χ1v) is 5.75. The summed E-state index contributed by atoms with van der Waals surface area (Å²) >= 11 is 0. The highest BCUT2D eigenvalue weighted by molar-refractivity contribution is 5.99. The summed E-state index contributed by atoms with van der Waals surface area (Å²) in [6, 6.07) is 5.95. The first-order chi connectivity index (χ1) is 8.58. The van der Waals surface area contributed by atoms with Gasteiger partial charge in [0.2, 0.25) is 5.91 Å². The summed E-state index contributed by atoms with van der Waals surface area (Å²) in [5.41, 5.74) is 5.83. The molecule has 1 rings (SSSR count). The molecule has 4 nitrogen and oxygen atoms in total. The van der Waals surface area contributed by atoms with Gasteiger partial charge in [0, 0.05) is 11.1 Å². The summed E-state index contributed by atoms with van der Waals surface area (Å²) in [6.07, 6.45) is 6.93. The normalized spacial score (nSPS) is 11.3. The molecule has 1 aromatic rings. The van der Waals surface area contributed by atoms with Gasteiger partial charge in [-0.3, -0.25) is 9.59 Å². The smallest absolute Gasteiger partial charge is 0.252 e. The maximum absolute atomic E-state index is 11.9. The van der Waals surface area contributed by atoms with Crippen molar-refractivity contribution in [2.75, 3.05) is 0 Å². The highest BCUT2D eigenvalue weighted by Gasteiger charge is 2.12. The van der Waals surface area contributed by atoms with Crippen LogP contribution in [0.1, 0.15) is 40.5 Å². The lowest BCUT2D eigenvalue weighted by atomic mass is 10.1. The van der Waals surface area contributed by atoms with Gasteiger partial charge in [0.1, 0.15) is 0 Å². The molecule has 0 aliphatic carbocycles. The summed E-state index contributed by atoms with van der Waals surface area (Å²) in [7, 11) is 0. The molecule has 0 radical (unpaired) electrons. The van der Waals surface area contributed by atoms with Gasteiger partial charge in [0.25, 0.3) is 5.91 Å². The third kappa shape index (κ3) is 3.63. The summed E-state index contributed by atoms with van der Waals surface area (Å²) in [6.45, 7) is 1.99. The topological polar surface area (TPSA) is 72.2 Å². The van der Waals surface area contributed by atoms with Crippen LogP contribution in [-0.4, -0.2) is 17.9 Å². The van der Waals surface area contributed by atoms with Crippen molar-refractivity contribution >= 4 is 11.8 Å². The fraction of sp³-hybridized carbons (Fsp3) is 0.286. The van der Waals surface area contributed by atoms with Crippen molar-refractivity contribution in [3.63, 3.8) is 0 Å². The summed E-state index contributed by atoms with van der Waals surface area (Å²) in [4.78, 5) is 22.9. The molecule has 0 saturated carbocycles. The van der Waals surface area contributed by atoms with Crippen molar-refractivity contribution in [2.45, 2.75) is 25.8 Å². The number of primary amides is 1. The average Bonchev–Trinajstić information content (AvgIpc) is 2.38. The summed E-state index contributed by atoms with van der Waals surface area (Å²) in [5, 5.41) is 2.72. The van der Waals surface area contributed by atoms with Crippen LogP contribution in [0.3, 0.4) is 0 Å². The quantitative estimate of drug-likeness (QED) is 0.767. The molecule has 18 heavy (non-hydrogen) atoms. The molecule has 4 heteroatoms. The van der Waals surface area contributed by atoms with E-state index in [1.807, 2.05) is 6.92 Å². The maximum atomic E-state index is 11.9. The van der Waals surface area contributed by atoms with Gasteiger partial charge in [-0.1, -0.05) is 25.3 Å². The number of hydrogen-bond acceptors (Lipinski definition) is 2. The zero-order valence-corrected chi connectivity index (χ0v) is 10.3. The highest BCUT2D eigenvalue weighted by atomic mass is 16.2. The zero-order chi connectivity index (χ0) is 13.5. The predicted octanol–water partition coefficient (Wildman–Crippen LogP) is 1.32. The largest absolute Gasteiger partial charge is 0.366 e. The second-order valence-corrected chi connectivity index (χ2v) is 3.93. The van der Waals surface area contributed by atoms with Crippen LogP contribution in [0.25, 0.3) is 0 Å². The maximum Gasteiger partial charge on any atom is 0.252 e. The van der Waals surface area contributed by atoms with Gasteiger partial charge in [0.15, 0.2) is 0 Å². The molecular weight excluding hydrogens is 228 g/mol. The van der Waals surface area contributed by atoms with E-state index in [9.17, 15) is 9.59 Å². The van der Waals surface area contributed by atoms with Crippen molar-refractivity contribution in [1.82, 2.24) is 5.32 Å². The third-order valence-electron chi connectivity index (χ3n) is 2.49. The van der Waals surface area contributed by atoms with Crippen LogP contribution in [0.2, 0.25) is 0 Å². The van der Waals surface area contributed by atoms with Crippen LogP contribution in [0.15, 0.2) is 24.3 Å². The lowest BCUT2D eigenvalue weighted by molar-refractivity contribution is 0.0944. The Bertz CT molecular complexity index is 489. The number of terminal acetylenes is 1. The molecule has 0 aliphatic rings. The van der Waals surface area contributed by atoms with E-state index in [-0.39, 0.29) is 11.9 Å². The van der Waals surface area contributed by atoms with Crippen LogP contribution in [0.5, 0.6) is 0 Å². The lowest BCUT2D eigenvalue weighted by Crippen LogP contribution is -2.33. The fourth-order valence-electron chi connectivity index (χ4n) is 1.54. The van der Waals surface area contributed by atoms with Crippen LogP contribution < -0.4 is 11.1 Å². The average molecular weight is 244 g/mol. The predicted molar refractivity (Wildman–Crippen MR) is 70.0 cm³/mol. The van der Waals surface area contributed by atoms with Crippen LogP contribution in [0, 0.1) is 12.3 Å². The van der Waals surface area contributed by atoms with Gasteiger partial charge in [-0.2, -0.15) is 0 Å². The van der Waals surface area contributed by atoms with Crippen LogP contribution >= 0.6 is 0 Å². The van der Waals surface area contributed by atoms with Crippen molar-refractivity contribution in [2.24, 2.45) is 5.73 Å². The highest BCUT2D eigenvalue weighted by Crippen LogP contribution is 2.06. The first-order valence-electron chi connectivity index (χ1n) is 5.75. The van der Waals surface area contributed by atoms with Crippen molar-refractivity contribution < 1.29 is 9.59 Å². The van der Waals surface area contributed by atoms with Gasteiger partial charge in [-0.05, 0) is 24.6 Å². The lowest BCUT2D eigenvalue weighted by Gasteiger charge is -2.12. The molecule has 0 aromatic heterocycles. The molecule has 0 spiro atoms. The summed E-state index contributed by atoms with van der Waals surface area (Å²) < 4.78 is 0. The Labute approximate surface area is 107 Å². The zero-order valence-electron chi connectivity index (χ0n) is 10.3. The molecule has 0 saturated heterocycles. The molecule has 1 atom stereocenters. The van der Waals surface area contributed by atoms with Crippen LogP contribution in [0.4, 0.5) is 0 Å². The monoisotopic (exact) mass is 244 g/mol. The Hall–Kier alpha value is -2.28. The van der Waals surface area contributed by atoms with E-state index in [1.54, 1.807) is 18.2 Å². The van der Waals surface area contributed by atoms with E-state index in [0.717, 1.165) is 12.8 Å². The number of amides is 2. The van der Waals surface area contributed by atoms with E-state index in [2.05, 4.69) is 11.2 Å². The van der Waals surface area contributed by atoms with Crippen LogP contribution in [-0.2, 0) is 0 Å². The van der Waals surface area contributed by atoms with Gasteiger partial charge in [-0.25, -0.2) is 0 Å². The number of carbonyl (C=O) groups is 2. The van der Waals surface area contributed by atoms with E-state index in [1.165, 1.54) is 6.07 Å². The Morgan fingerprint density at radius 3 is 2.67 bits per heavy atom.